The van der Waals surface area contributed by atoms with Crippen molar-refractivity contribution >= 4 is 11.9 Å². The molecule has 2 unspecified atom stereocenters. The molecule has 1 aliphatic heterocycles. The van der Waals surface area contributed by atoms with Crippen molar-refractivity contribution < 1.29 is 19.1 Å². The lowest BCUT2D eigenvalue weighted by molar-refractivity contribution is -0.132. The molecule has 1 N–H and O–H groups in total. The van der Waals surface area contributed by atoms with E-state index in [0.29, 0.717) is 19.5 Å². The number of aromatic nitrogens is 3. The van der Waals surface area contributed by atoms with E-state index in [1.807, 2.05) is 11.8 Å². The van der Waals surface area contributed by atoms with E-state index < -0.39 is 5.97 Å². The van der Waals surface area contributed by atoms with Crippen LogP contribution in [0.15, 0.2) is 30.5 Å². The third kappa shape index (κ3) is 4.07. The van der Waals surface area contributed by atoms with Gasteiger partial charge in [-0.2, -0.15) is 0 Å². The monoisotopic (exact) mass is 360 g/mol. The third-order valence-corrected chi connectivity index (χ3v) is 4.77. The highest BCUT2D eigenvalue weighted by Gasteiger charge is 2.30. The summed E-state index contributed by atoms with van der Waals surface area (Å²) in [6.07, 6.45) is 3.48. The minimum absolute atomic E-state index is 0.00525. The summed E-state index contributed by atoms with van der Waals surface area (Å²) in [5.41, 5.74) is 0.823. The summed E-state index contributed by atoms with van der Waals surface area (Å²) in [6.45, 7) is 3.06. The van der Waals surface area contributed by atoms with E-state index in [1.54, 1.807) is 12.1 Å². The van der Waals surface area contributed by atoms with E-state index in [-0.39, 0.29) is 29.4 Å². The summed E-state index contributed by atoms with van der Waals surface area (Å²) >= 11 is 0. The fraction of sp³-hybridized carbons (Fsp3) is 0.444. The second-order valence-corrected chi connectivity index (χ2v) is 6.67. The van der Waals surface area contributed by atoms with Gasteiger partial charge < -0.3 is 10.0 Å². The zero-order valence-corrected chi connectivity index (χ0v) is 14.5. The van der Waals surface area contributed by atoms with Crippen LogP contribution < -0.4 is 0 Å². The van der Waals surface area contributed by atoms with Crippen molar-refractivity contribution in [2.24, 2.45) is 0 Å². The van der Waals surface area contributed by atoms with Crippen LogP contribution in [0.5, 0.6) is 0 Å². The molecule has 1 fully saturated rings. The molecule has 0 bridgehead atoms. The number of carboxylic acids is 1. The number of carbonyl (C=O) groups excluding carboxylic acids is 1. The SMILES string of the molecule is CC(CC(=O)N1CCCC1Cn1cc(C(=O)O)nn1)c1ccc(F)cc1. The third-order valence-electron chi connectivity index (χ3n) is 4.77. The lowest BCUT2D eigenvalue weighted by Crippen LogP contribution is -2.38. The highest BCUT2D eigenvalue weighted by molar-refractivity contribution is 5.84. The van der Waals surface area contributed by atoms with Gasteiger partial charge in [0, 0.05) is 13.0 Å². The maximum absolute atomic E-state index is 13.0. The van der Waals surface area contributed by atoms with Crippen molar-refractivity contribution in [2.45, 2.75) is 44.7 Å². The van der Waals surface area contributed by atoms with Gasteiger partial charge in [-0.1, -0.05) is 24.3 Å². The Balaban J connectivity index is 1.62. The number of hydrogen-bond acceptors (Lipinski definition) is 4. The molecule has 0 aliphatic carbocycles. The number of rotatable bonds is 6. The van der Waals surface area contributed by atoms with Gasteiger partial charge in [-0.25, -0.2) is 13.9 Å². The molecule has 0 radical (unpaired) electrons. The van der Waals surface area contributed by atoms with E-state index in [1.165, 1.54) is 23.0 Å². The fourth-order valence-corrected chi connectivity index (χ4v) is 3.34. The van der Waals surface area contributed by atoms with Gasteiger partial charge in [0.05, 0.1) is 18.8 Å². The number of likely N-dealkylation sites (tertiary alicyclic amines) is 1. The van der Waals surface area contributed by atoms with Crippen molar-refractivity contribution in [3.8, 4) is 0 Å². The number of halogens is 1. The summed E-state index contributed by atoms with van der Waals surface area (Å²) in [6, 6.07) is 6.19. The normalized spacial score (nSPS) is 18.1. The highest BCUT2D eigenvalue weighted by atomic mass is 19.1. The first-order chi connectivity index (χ1) is 12.4. The largest absolute Gasteiger partial charge is 0.476 e. The number of carboxylic acid groups (broad SMARTS) is 1. The summed E-state index contributed by atoms with van der Waals surface area (Å²) in [5, 5.41) is 16.3. The van der Waals surface area contributed by atoms with E-state index >= 15 is 0 Å². The molecule has 2 heterocycles. The minimum atomic E-state index is -1.12. The Morgan fingerprint density at radius 1 is 1.35 bits per heavy atom. The van der Waals surface area contributed by atoms with Crippen molar-refractivity contribution in [1.29, 1.82) is 0 Å². The van der Waals surface area contributed by atoms with Crippen molar-refractivity contribution in [1.82, 2.24) is 19.9 Å². The molecule has 138 valence electrons. The maximum atomic E-state index is 13.0. The molecule has 2 aromatic rings. The van der Waals surface area contributed by atoms with Crippen LogP contribution in [0.4, 0.5) is 4.39 Å². The first-order valence-corrected chi connectivity index (χ1v) is 8.62. The Hall–Kier alpha value is -2.77. The first kappa shape index (κ1) is 18.0. The Morgan fingerprint density at radius 3 is 2.73 bits per heavy atom. The zero-order chi connectivity index (χ0) is 18.7. The van der Waals surface area contributed by atoms with Gasteiger partial charge in [-0.15, -0.1) is 5.10 Å². The predicted octanol–water partition coefficient (Wildman–Crippen LogP) is 2.30. The lowest BCUT2D eigenvalue weighted by atomic mass is 9.97. The van der Waals surface area contributed by atoms with Crippen LogP contribution in [0, 0.1) is 5.82 Å². The van der Waals surface area contributed by atoms with Crippen molar-refractivity contribution in [3.05, 3.63) is 47.5 Å². The molecule has 3 rings (SSSR count). The molecule has 0 spiro atoms. The molecule has 1 aromatic carbocycles. The van der Waals surface area contributed by atoms with Crippen LogP contribution >= 0.6 is 0 Å². The van der Waals surface area contributed by atoms with Gasteiger partial charge in [-0.05, 0) is 36.5 Å². The summed E-state index contributed by atoms with van der Waals surface area (Å²) in [4.78, 5) is 25.5. The second-order valence-electron chi connectivity index (χ2n) is 6.67. The lowest BCUT2D eigenvalue weighted by Gasteiger charge is -2.26. The van der Waals surface area contributed by atoms with Gasteiger partial charge in [0.25, 0.3) is 0 Å². The van der Waals surface area contributed by atoms with Crippen LogP contribution in [-0.2, 0) is 11.3 Å². The maximum Gasteiger partial charge on any atom is 0.358 e. The number of amides is 1. The highest BCUT2D eigenvalue weighted by Crippen LogP contribution is 2.25. The minimum Gasteiger partial charge on any atom is -0.476 e. The van der Waals surface area contributed by atoms with Crippen molar-refractivity contribution in [3.63, 3.8) is 0 Å². The number of hydrogen-bond donors (Lipinski definition) is 1. The van der Waals surface area contributed by atoms with Crippen LogP contribution in [0.1, 0.15) is 48.2 Å². The Morgan fingerprint density at radius 2 is 2.08 bits per heavy atom. The van der Waals surface area contributed by atoms with Gasteiger partial charge in [-0.3, -0.25) is 4.79 Å². The van der Waals surface area contributed by atoms with Crippen LogP contribution in [0.25, 0.3) is 0 Å². The van der Waals surface area contributed by atoms with Crippen LogP contribution in [-0.4, -0.2) is 49.5 Å². The Labute approximate surface area is 150 Å². The molecule has 1 aliphatic rings. The standard InChI is InChI=1S/C18H21FN4O3/c1-12(13-4-6-14(19)7-5-13)9-17(24)23-8-2-3-15(23)10-22-11-16(18(25)26)20-21-22/h4-7,11-12,15H,2-3,8-10H2,1H3,(H,25,26). The average molecular weight is 360 g/mol. The number of nitrogens with zero attached hydrogens (tertiary/aromatic N) is 4. The molecule has 26 heavy (non-hydrogen) atoms. The predicted molar refractivity (Wildman–Crippen MR) is 91.1 cm³/mol. The summed E-state index contributed by atoms with van der Waals surface area (Å²) in [7, 11) is 0. The zero-order valence-electron chi connectivity index (χ0n) is 14.5. The molecule has 1 saturated heterocycles. The van der Waals surface area contributed by atoms with Gasteiger partial charge in [0.1, 0.15) is 5.82 Å². The molecule has 1 amide bonds. The second kappa shape index (κ2) is 7.63. The fourth-order valence-electron chi connectivity index (χ4n) is 3.34. The van der Waals surface area contributed by atoms with Gasteiger partial charge in [0.15, 0.2) is 5.69 Å². The van der Waals surface area contributed by atoms with Gasteiger partial charge in [0.2, 0.25) is 5.91 Å². The Kier molecular flexibility index (Phi) is 5.29. The summed E-state index contributed by atoms with van der Waals surface area (Å²) < 4.78 is 14.5. The van der Waals surface area contributed by atoms with E-state index in [0.717, 1.165) is 18.4 Å². The number of aromatic carboxylic acids is 1. The van der Waals surface area contributed by atoms with Crippen molar-refractivity contribution in [2.75, 3.05) is 6.54 Å². The number of benzene rings is 1. The number of carbonyl (C=O) groups is 2. The average Bonchev–Trinajstić information content (AvgIpc) is 3.25. The van der Waals surface area contributed by atoms with Crippen LogP contribution in [0.2, 0.25) is 0 Å². The van der Waals surface area contributed by atoms with E-state index in [4.69, 9.17) is 5.11 Å². The van der Waals surface area contributed by atoms with E-state index in [9.17, 15) is 14.0 Å². The molecular weight excluding hydrogens is 339 g/mol. The molecule has 2 atom stereocenters. The first-order valence-electron chi connectivity index (χ1n) is 8.62. The Bertz CT molecular complexity index is 790. The molecule has 0 saturated carbocycles. The van der Waals surface area contributed by atoms with Crippen LogP contribution in [0.3, 0.4) is 0 Å². The smallest absolute Gasteiger partial charge is 0.358 e. The molecular formula is C18H21FN4O3. The van der Waals surface area contributed by atoms with Gasteiger partial charge >= 0.3 is 5.97 Å². The topological polar surface area (TPSA) is 88.3 Å². The summed E-state index contributed by atoms with van der Waals surface area (Å²) in [5.74, 6) is -1.37. The van der Waals surface area contributed by atoms with E-state index in [2.05, 4.69) is 10.3 Å². The molecule has 7 nitrogen and oxygen atoms in total. The quantitative estimate of drug-likeness (QED) is 0.854. The molecule has 8 heteroatoms. The molecule has 1 aromatic heterocycles.